The molecule has 0 spiro atoms. The number of aliphatic hydroxyl groups excluding tert-OH is 1. The molecule has 0 aromatic heterocycles. The number of hydrogen-bond acceptors (Lipinski definition) is 3. The molecule has 0 heterocycles. The van der Waals surface area contributed by atoms with E-state index in [4.69, 9.17) is 4.74 Å². The van der Waals surface area contributed by atoms with E-state index in [0.717, 1.165) is 12.8 Å². The fourth-order valence-electron chi connectivity index (χ4n) is 1.72. The largest absolute Gasteiger partial charge is 0.444 e. The van der Waals surface area contributed by atoms with Gasteiger partial charge in [0, 0.05) is 10.9 Å². The van der Waals surface area contributed by atoms with E-state index >= 15 is 0 Å². The maximum Gasteiger partial charge on any atom is 0.407 e. The van der Waals surface area contributed by atoms with Gasteiger partial charge in [-0.15, -0.1) is 0 Å². The summed E-state index contributed by atoms with van der Waals surface area (Å²) >= 11 is 3.40. The molecule has 0 aromatic carbocycles. The quantitative estimate of drug-likeness (QED) is 0.729. The Morgan fingerprint density at radius 1 is 1.44 bits per heavy atom. The highest BCUT2D eigenvalue weighted by Gasteiger charge is 2.29. The maximum absolute atomic E-state index is 11.5. The van der Waals surface area contributed by atoms with Crippen molar-refractivity contribution in [3.8, 4) is 0 Å². The number of alkyl halides is 1. The van der Waals surface area contributed by atoms with Gasteiger partial charge in [0.25, 0.3) is 0 Å². The van der Waals surface area contributed by atoms with Gasteiger partial charge in [-0.3, -0.25) is 0 Å². The average molecular weight is 294 g/mol. The first-order chi connectivity index (χ1) is 7.28. The Balaban J connectivity index is 2.35. The molecule has 1 fully saturated rings. The fraction of sp³-hybridized carbons (Fsp3) is 0.909. The van der Waals surface area contributed by atoms with Crippen molar-refractivity contribution >= 4 is 22.0 Å². The molecule has 1 aliphatic rings. The van der Waals surface area contributed by atoms with Crippen molar-refractivity contribution in [3.05, 3.63) is 0 Å². The third kappa shape index (κ3) is 4.70. The van der Waals surface area contributed by atoms with Gasteiger partial charge >= 0.3 is 6.09 Å². The second-order valence-electron chi connectivity index (χ2n) is 5.24. The molecule has 5 heteroatoms. The predicted octanol–water partition coefficient (Wildman–Crippen LogP) is 2.19. The first-order valence-electron chi connectivity index (χ1n) is 5.59. The van der Waals surface area contributed by atoms with Gasteiger partial charge in [-0.25, -0.2) is 4.79 Å². The van der Waals surface area contributed by atoms with Crippen LogP contribution < -0.4 is 5.32 Å². The van der Waals surface area contributed by atoms with E-state index in [1.54, 1.807) is 0 Å². The summed E-state index contributed by atoms with van der Waals surface area (Å²) in [6, 6.07) is 0.0126. The minimum absolute atomic E-state index is 0.0126. The van der Waals surface area contributed by atoms with Crippen molar-refractivity contribution < 1.29 is 14.6 Å². The summed E-state index contributed by atoms with van der Waals surface area (Å²) in [7, 11) is 0. The van der Waals surface area contributed by atoms with Crippen molar-refractivity contribution in [1.82, 2.24) is 5.32 Å². The second kappa shape index (κ2) is 5.36. The second-order valence-corrected chi connectivity index (χ2v) is 6.42. The monoisotopic (exact) mass is 293 g/mol. The minimum atomic E-state index is -0.477. The van der Waals surface area contributed by atoms with Gasteiger partial charge in [-0.05, 0) is 40.0 Å². The van der Waals surface area contributed by atoms with Crippen molar-refractivity contribution in [3.63, 3.8) is 0 Å². The molecule has 1 saturated carbocycles. The Bertz CT molecular complexity index is 252. The lowest BCUT2D eigenvalue weighted by Gasteiger charge is -2.31. The van der Waals surface area contributed by atoms with Crippen LogP contribution in [0.1, 0.15) is 40.0 Å². The van der Waals surface area contributed by atoms with Gasteiger partial charge in [0.1, 0.15) is 5.60 Å². The van der Waals surface area contributed by atoms with E-state index in [0.29, 0.717) is 6.42 Å². The number of nitrogens with one attached hydrogen (secondary N) is 1. The van der Waals surface area contributed by atoms with Crippen molar-refractivity contribution in [2.24, 2.45) is 0 Å². The van der Waals surface area contributed by atoms with Crippen LogP contribution in [0.5, 0.6) is 0 Å². The molecule has 1 amide bonds. The lowest BCUT2D eigenvalue weighted by atomic mass is 9.93. The van der Waals surface area contributed by atoms with E-state index < -0.39 is 17.8 Å². The zero-order valence-corrected chi connectivity index (χ0v) is 11.6. The molecule has 94 valence electrons. The van der Waals surface area contributed by atoms with Gasteiger partial charge in [0.05, 0.1) is 6.10 Å². The first-order valence-corrected chi connectivity index (χ1v) is 6.51. The molecule has 3 atom stereocenters. The lowest BCUT2D eigenvalue weighted by molar-refractivity contribution is 0.0457. The molecule has 0 saturated heterocycles. The molecule has 1 rings (SSSR count). The van der Waals surface area contributed by atoms with Crippen molar-refractivity contribution in [2.45, 2.75) is 62.6 Å². The Morgan fingerprint density at radius 2 is 2.06 bits per heavy atom. The van der Waals surface area contributed by atoms with Gasteiger partial charge in [0.2, 0.25) is 0 Å². The molecule has 16 heavy (non-hydrogen) atoms. The number of rotatable bonds is 1. The molecule has 4 nitrogen and oxygen atoms in total. The third-order valence-electron chi connectivity index (χ3n) is 2.46. The normalized spacial score (nSPS) is 30.9. The molecule has 0 unspecified atom stereocenters. The highest BCUT2D eigenvalue weighted by atomic mass is 79.9. The number of ether oxygens (including phenoxy) is 1. The summed E-state index contributed by atoms with van der Waals surface area (Å²) in [5.74, 6) is 0. The first kappa shape index (κ1) is 13.8. The smallest absolute Gasteiger partial charge is 0.407 e. The number of aliphatic hydroxyl groups is 1. The fourth-order valence-corrected chi connectivity index (χ4v) is 2.20. The van der Waals surface area contributed by atoms with Crippen LogP contribution in [-0.2, 0) is 4.74 Å². The summed E-state index contributed by atoms with van der Waals surface area (Å²) in [4.78, 5) is 11.6. The Labute approximate surface area is 105 Å². The Morgan fingerprint density at radius 3 is 2.56 bits per heavy atom. The molecule has 0 aliphatic heterocycles. The number of halogens is 1. The molecule has 0 bridgehead atoms. The number of alkyl carbamates (subject to hydrolysis) is 1. The van der Waals surface area contributed by atoms with E-state index in [9.17, 15) is 9.90 Å². The third-order valence-corrected chi connectivity index (χ3v) is 3.52. The molecule has 0 aromatic rings. The van der Waals surface area contributed by atoms with Crippen LogP contribution in [0, 0.1) is 0 Å². The van der Waals surface area contributed by atoms with Gasteiger partial charge in [-0.2, -0.15) is 0 Å². The molecule has 0 radical (unpaired) electrons. The highest BCUT2D eigenvalue weighted by Crippen LogP contribution is 2.25. The molecular weight excluding hydrogens is 274 g/mol. The highest BCUT2D eigenvalue weighted by molar-refractivity contribution is 9.09. The average Bonchev–Trinajstić information content (AvgIpc) is 2.08. The van der Waals surface area contributed by atoms with Crippen LogP contribution in [0.3, 0.4) is 0 Å². The summed E-state index contributed by atoms with van der Waals surface area (Å²) in [6.07, 6.45) is 1.51. The SMILES string of the molecule is CC(C)(C)OC(=O)N[C@@H]1CC[C@H](Br)[C@H](O)C1. The van der Waals surface area contributed by atoms with E-state index in [1.807, 2.05) is 20.8 Å². The van der Waals surface area contributed by atoms with E-state index in [2.05, 4.69) is 21.2 Å². The molecule has 2 N–H and O–H groups in total. The standard InChI is InChI=1S/C11H20BrNO3/c1-11(2,3)16-10(15)13-7-4-5-8(12)9(14)6-7/h7-9,14H,4-6H2,1-3H3,(H,13,15)/t7-,8+,9-/m1/s1. The van der Waals surface area contributed by atoms with Crippen LogP contribution in [0.15, 0.2) is 0 Å². The number of amides is 1. The maximum atomic E-state index is 11.5. The summed E-state index contributed by atoms with van der Waals surface area (Å²) in [6.45, 7) is 5.49. The Hall–Kier alpha value is -0.290. The van der Waals surface area contributed by atoms with E-state index in [-0.39, 0.29) is 10.9 Å². The van der Waals surface area contributed by atoms with Gasteiger partial charge < -0.3 is 15.2 Å². The number of carbonyl (C=O) groups excluding carboxylic acids is 1. The Kier molecular flexibility index (Phi) is 4.62. The number of carbonyl (C=O) groups is 1. The zero-order chi connectivity index (χ0) is 12.3. The van der Waals surface area contributed by atoms with Crippen molar-refractivity contribution in [1.29, 1.82) is 0 Å². The lowest BCUT2D eigenvalue weighted by Crippen LogP contribution is -2.45. The van der Waals surface area contributed by atoms with Crippen LogP contribution in [-0.4, -0.2) is 33.8 Å². The zero-order valence-electron chi connectivity index (χ0n) is 10.00. The topological polar surface area (TPSA) is 58.6 Å². The van der Waals surface area contributed by atoms with Crippen LogP contribution in [0.4, 0.5) is 4.79 Å². The minimum Gasteiger partial charge on any atom is -0.444 e. The summed E-state index contributed by atoms with van der Waals surface area (Å²) < 4.78 is 5.16. The van der Waals surface area contributed by atoms with E-state index in [1.165, 1.54) is 0 Å². The van der Waals surface area contributed by atoms with Crippen LogP contribution in [0.25, 0.3) is 0 Å². The van der Waals surface area contributed by atoms with Gasteiger partial charge in [-0.1, -0.05) is 15.9 Å². The molecular formula is C11H20BrNO3. The van der Waals surface area contributed by atoms with Crippen LogP contribution in [0.2, 0.25) is 0 Å². The summed E-state index contributed by atoms with van der Waals surface area (Å²) in [5.41, 5.74) is -0.477. The van der Waals surface area contributed by atoms with Crippen molar-refractivity contribution in [2.75, 3.05) is 0 Å². The van der Waals surface area contributed by atoms with Gasteiger partial charge in [0.15, 0.2) is 0 Å². The number of hydrogen-bond donors (Lipinski definition) is 2. The van der Waals surface area contributed by atoms with Crippen LogP contribution >= 0.6 is 15.9 Å². The molecule has 1 aliphatic carbocycles. The predicted molar refractivity (Wildman–Crippen MR) is 65.7 cm³/mol. The summed E-state index contributed by atoms with van der Waals surface area (Å²) in [5, 5.41) is 12.4.